The standard InChI is InChI=1S/C23H29O6P/c1-6-15-9-8-10-16(7-2)21(15)18(24)11-12-30(26)23(25)22-19(28-4)13-17(27-3)14-20(22)29-5/h8-10,13-14,30H,6-7,11-12H2,1-5H3. The Kier molecular flexibility index (Phi) is 8.67. The molecule has 1 unspecified atom stereocenters. The summed E-state index contributed by atoms with van der Waals surface area (Å²) in [4.78, 5) is 25.8. The minimum absolute atomic E-state index is 0.00186. The van der Waals surface area contributed by atoms with E-state index in [0.29, 0.717) is 11.3 Å². The Morgan fingerprint density at radius 2 is 1.40 bits per heavy atom. The maximum atomic E-state index is 12.9. The fourth-order valence-electron chi connectivity index (χ4n) is 3.44. The number of benzene rings is 2. The van der Waals surface area contributed by atoms with E-state index in [9.17, 15) is 14.2 Å². The minimum atomic E-state index is -2.75. The number of rotatable bonds is 11. The first-order chi connectivity index (χ1) is 14.4. The number of hydrogen-bond acceptors (Lipinski definition) is 6. The molecule has 2 aromatic carbocycles. The van der Waals surface area contributed by atoms with Crippen molar-refractivity contribution in [1.29, 1.82) is 0 Å². The molecule has 0 bridgehead atoms. The molecule has 7 heteroatoms. The zero-order chi connectivity index (χ0) is 22.3. The third-order valence-electron chi connectivity index (χ3n) is 5.05. The van der Waals surface area contributed by atoms with E-state index in [2.05, 4.69) is 0 Å². The van der Waals surface area contributed by atoms with Gasteiger partial charge in [-0.2, -0.15) is 0 Å². The van der Waals surface area contributed by atoms with Crippen LogP contribution in [0.4, 0.5) is 0 Å². The van der Waals surface area contributed by atoms with Crippen LogP contribution in [0, 0.1) is 0 Å². The van der Waals surface area contributed by atoms with Crippen LogP contribution in [0.15, 0.2) is 30.3 Å². The van der Waals surface area contributed by atoms with Crippen molar-refractivity contribution in [2.24, 2.45) is 0 Å². The molecule has 0 aliphatic heterocycles. The van der Waals surface area contributed by atoms with Gasteiger partial charge in [0.1, 0.15) is 30.6 Å². The molecule has 162 valence electrons. The second-order valence-corrected chi connectivity index (χ2v) is 8.54. The van der Waals surface area contributed by atoms with Crippen molar-refractivity contribution in [3.63, 3.8) is 0 Å². The lowest BCUT2D eigenvalue weighted by Crippen LogP contribution is -2.10. The van der Waals surface area contributed by atoms with Gasteiger partial charge in [0.15, 0.2) is 5.78 Å². The van der Waals surface area contributed by atoms with Crippen molar-refractivity contribution in [1.82, 2.24) is 0 Å². The Bertz CT molecular complexity index is 903. The molecule has 0 spiro atoms. The van der Waals surface area contributed by atoms with Crippen molar-refractivity contribution in [2.75, 3.05) is 27.5 Å². The first-order valence-electron chi connectivity index (χ1n) is 9.93. The molecule has 0 aromatic heterocycles. The Morgan fingerprint density at radius 1 is 0.867 bits per heavy atom. The van der Waals surface area contributed by atoms with E-state index in [1.54, 1.807) is 12.1 Å². The van der Waals surface area contributed by atoms with E-state index in [1.165, 1.54) is 21.3 Å². The van der Waals surface area contributed by atoms with E-state index in [1.807, 2.05) is 32.0 Å². The molecule has 6 nitrogen and oxygen atoms in total. The molecule has 0 aliphatic rings. The number of ether oxygens (including phenoxy) is 3. The zero-order valence-corrected chi connectivity index (χ0v) is 19.2. The van der Waals surface area contributed by atoms with Crippen molar-refractivity contribution >= 4 is 19.1 Å². The smallest absolute Gasteiger partial charge is 0.225 e. The number of carbonyl (C=O) groups is 2. The van der Waals surface area contributed by atoms with E-state index < -0.39 is 13.3 Å². The Balaban J connectivity index is 2.24. The van der Waals surface area contributed by atoms with Gasteiger partial charge in [0.2, 0.25) is 5.52 Å². The summed E-state index contributed by atoms with van der Waals surface area (Å²) in [6, 6.07) is 8.91. The van der Waals surface area contributed by atoms with Crippen molar-refractivity contribution in [3.8, 4) is 17.2 Å². The predicted octanol–water partition coefficient (Wildman–Crippen LogP) is 4.81. The largest absolute Gasteiger partial charge is 0.496 e. The topological polar surface area (TPSA) is 78.9 Å². The first-order valence-corrected chi connectivity index (χ1v) is 11.5. The first kappa shape index (κ1) is 23.7. The highest BCUT2D eigenvalue weighted by molar-refractivity contribution is 7.64. The summed E-state index contributed by atoms with van der Waals surface area (Å²) >= 11 is 0. The lowest BCUT2D eigenvalue weighted by Gasteiger charge is -2.14. The lowest BCUT2D eigenvalue weighted by atomic mass is 9.93. The molecule has 30 heavy (non-hydrogen) atoms. The van der Waals surface area contributed by atoms with Gasteiger partial charge in [-0.1, -0.05) is 32.0 Å². The lowest BCUT2D eigenvalue weighted by molar-refractivity contribution is 0.0987. The summed E-state index contributed by atoms with van der Waals surface area (Å²) in [6.45, 7) is 4.00. The highest BCUT2D eigenvalue weighted by Crippen LogP contribution is 2.40. The van der Waals surface area contributed by atoms with E-state index in [-0.39, 0.29) is 35.4 Å². The number of methoxy groups -OCH3 is 3. The van der Waals surface area contributed by atoms with Gasteiger partial charge in [-0.3, -0.25) is 9.59 Å². The number of hydrogen-bond donors (Lipinski definition) is 0. The van der Waals surface area contributed by atoms with Gasteiger partial charge in [-0.25, -0.2) is 0 Å². The number of carbonyl (C=O) groups excluding carboxylic acids is 2. The summed E-state index contributed by atoms with van der Waals surface area (Å²) < 4.78 is 28.6. The third kappa shape index (κ3) is 5.11. The maximum Gasteiger partial charge on any atom is 0.225 e. The molecular formula is C23H29O6P. The molecule has 2 aromatic rings. The Morgan fingerprint density at radius 3 is 1.83 bits per heavy atom. The summed E-state index contributed by atoms with van der Waals surface area (Å²) in [7, 11) is 1.57. The SMILES string of the molecule is CCc1cccc(CC)c1C(=O)CC[PH](=O)C(=O)c1c(OC)cc(OC)cc1OC. The molecule has 0 fully saturated rings. The summed E-state index contributed by atoms with van der Waals surface area (Å²) in [5, 5.41) is 0. The highest BCUT2D eigenvalue weighted by atomic mass is 31.1. The average molecular weight is 432 g/mol. The minimum Gasteiger partial charge on any atom is -0.496 e. The van der Waals surface area contributed by atoms with Gasteiger partial charge in [-0.05, 0) is 24.0 Å². The molecular weight excluding hydrogens is 403 g/mol. The van der Waals surface area contributed by atoms with Crippen LogP contribution in [0.2, 0.25) is 0 Å². The average Bonchev–Trinajstić information content (AvgIpc) is 2.79. The van der Waals surface area contributed by atoms with Crippen LogP contribution >= 0.6 is 7.80 Å². The van der Waals surface area contributed by atoms with Crippen LogP contribution in [0.1, 0.15) is 52.1 Å². The second-order valence-electron chi connectivity index (χ2n) is 6.74. The van der Waals surface area contributed by atoms with Crippen LogP contribution in [-0.4, -0.2) is 38.8 Å². The summed E-state index contributed by atoms with van der Waals surface area (Å²) in [6.07, 6.45) is 1.53. The Labute approximate surface area is 178 Å². The number of aryl methyl sites for hydroxylation is 2. The maximum absolute atomic E-state index is 12.9. The summed E-state index contributed by atoms with van der Waals surface area (Å²) in [5.74, 6) is 0.832. The van der Waals surface area contributed by atoms with Crippen LogP contribution in [0.5, 0.6) is 17.2 Å². The second kappa shape index (κ2) is 11.0. The summed E-state index contributed by atoms with van der Waals surface area (Å²) in [5.41, 5.74) is 2.20. The molecule has 0 N–H and O–H groups in total. The quantitative estimate of drug-likeness (QED) is 0.375. The molecule has 2 rings (SSSR count). The third-order valence-corrected chi connectivity index (χ3v) is 6.51. The zero-order valence-electron chi connectivity index (χ0n) is 18.2. The molecule has 0 heterocycles. The number of Topliss-reactive ketones (excluding diaryl/α,β-unsaturated/α-hetero) is 1. The highest BCUT2D eigenvalue weighted by Gasteiger charge is 2.25. The molecule has 0 saturated carbocycles. The van der Waals surface area contributed by atoms with Gasteiger partial charge in [0.05, 0.1) is 21.3 Å². The molecule has 0 aliphatic carbocycles. The molecule has 1 atom stereocenters. The molecule has 0 amide bonds. The Hall–Kier alpha value is -2.59. The van der Waals surface area contributed by atoms with E-state index in [4.69, 9.17) is 14.2 Å². The van der Waals surface area contributed by atoms with Crippen LogP contribution in [-0.2, 0) is 17.4 Å². The van der Waals surface area contributed by atoms with Gasteiger partial charge in [0, 0.05) is 30.3 Å². The van der Waals surface area contributed by atoms with Gasteiger partial charge in [-0.15, -0.1) is 0 Å². The fourth-order valence-corrected chi connectivity index (χ4v) is 4.64. The van der Waals surface area contributed by atoms with Gasteiger partial charge in [0.25, 0.3) is 0 Å². The fraction of sp³-hybridized carbons (Fsp3) is 0.391. The van der Waals surface area contributed by atoms with Crippen LogP contribution in [0.3, 0.4) is 0 Å². The van der Waals surface area contributed by atoms with E-state index >= 15 is 0 Å². The van der Waals surface area contributed by atoms with Gasteiger partial charge < -0.3 is 18.8 Å². The molecule has 0 saturated heterocycles. The van der Waals surface area contributed by atoms with E-state index in [0.717, 1.165) is 24.0 Å². The predicted molar refractivity (Wildman–Crippen MR) is 118 cm³/mol. The normalized spacial score (nSPS) is 11.6. The van der Waals surface area contributed by atoms with Crippen LogP contribution < -0.4 is 14.2 Å². The van der Waals surface area contributed by atoms with Crippen molar-refractivity contribution in [2.45, 2.75) is 33.1 Å². The van der Waals surface area contributed by atoms with Gasteiger partial charge >= 0.3 is 0 Å². The molecule has 0 radical (unpaired) electrons. The monoisotopic (exact) mass is 432 g/mol. The number of ketones is 1. The van der Waals surface area contributed by atoms with Crippen molar-refractivity contribution in [3.05, 3.63) is 52.6 Å². The van der Waals surface area contributed by atoms with Crippen molar-refractivity contribution < 1.29 is 28.4 Å². The van der Waals surface area contributed by atoms with Crippen LogP contribution in [0.25, 0.3) is 0 Å².